The lowest BCUT2D eigenvalue weighted by Gasteiger charge is -2.39. The quantitative estimate of drug-likeness (QED) is 0.437. The third-order valence-electron chi connectivity index (χ3n) is 5.48. The van der Waals surface area contributed by atoms with Crippen LogP contribution in [0.3, 0.4) is 0 Å². The maximum absolute atomic E-state index is 12.7. The van der Waals surface area contributed by atoms with Crippen molar-refractivity contribution < 1.29 is 14.3 Å². The summed E-state index contributed by atoms with van der Waals surface area (Å²) in [5.74, 6) is 0.0622. The van der Waals surface area contributed by atoms with Gasteiger partial charge in [0.1, 0.15) is 0 Å². The minimum Gasteiger partial charge on any atom is -0.380 e. The molecule has 1 aliphatic heterocycles. The van der Waals surface area contributed by atoms with Crippen LogP contribution >= 0.6 is 11.6 Å². The number of nitrogens with two attached hydrogens (primary N) is 1. The molecule has 2 atom stereocenters. The number of amides is 1. The van der Waals surface area contributed by atoms with Crippen LogP contribution in [0.5, 0.6) is 0 Å². The van der Waals surface area contributed by atoms with Crippen molar-refractivity contribution >= 4 is 34.7 Å². The molecule has 7 heteroatoms. The number of hydrogen-bond donors (Lipinski definition) is 2. The molecule has 3 rings (SSSR count). The SMILES string of the molecule is CC(=O)N1c2ccc(C(=O)CCCOCCN)cc2[C@H](Nc2ccc(Cl)cc2)C[C@@H]1C. The summed E-state index contributed by atoms with van der Waals surface area (Å²) in [7, 11) is 0. The Morgan fingerprint density at radius 2 is 1.94 bits per heavy atom. The first kappa shape index (κ1) is 23.3. The van der Waals surface area contributed by atoms with Gasteiger partial charge in [0.2, 0.25) is 5.91 Å². The first-order valence-electron chi connectivity index (χ1n) is 10.7. The Kier molecular flexibility index (Phi) is 8.07. The molecule has 0 unspecified atom stereocenters. The number of ether oxygens (including phenoxy) is 1. The van der Waals surface area contributed by atoms with Gasteiger partial charge in [-0.3, -0.25) is 9.59 Å². The highest BCUT2D eigenvalue weighted by Crippen LogP contribution is 2.40. The molecule has 0 fully saturated rings. The molecule has 0 aliphatic carbocycles. The smallest absolute Gasteiger partial charge is 0.224 e. The zero-order chi connectivity index (χ0) is 22.4. The van der Waals surface area contributed by atoms with Gasteiger partial charge < -0.3 is 20.7 Å². The molecular weight excluding hydrogens is 414 g/mol. The Bertz CT molecular complexity index is 917. The van der Waals surface area contributed by atoms with Crippen LogP contribution < -0.4 is 16.0 Å². The minimum absolute atomic E-state index is 0.00479. The van der Waals surface area contributed by atoms with Crippen molar-refractivity contribution in [1.29, 1.82) is 0 Å². The van der Waals surface area contributed by atoms with Crippen molar-refractivity contribution in [3.8, 4) is 0 Å². The molecule has 1 heterocycles. The largest absolute Gasteiger partial charge is 0.380 e. The molecule has 0 saturated heterocycles. The lowest BCUT2D eigenvalue weighted by Crippen LogP contribution is -2.43. The molecule has 1 aliphatic rings. The van der Waals surface area contributed by atoms with Gasteiger partial charge in [0.25, 0.3) is 0 Å². The Balaban J connectivity index is 1.84. The van der Waals surface area contributed by atoms with Gasteiger partial charge in [0.15, 0.2) is 5.78 Å². The van der Waals surface area contributed by atoms with Gasteiger partial charge in [-0.1, -0.05) is 11.6 Å². The van der Waals surface area contributed by atoms with E-state index in [2.05, 4.69) is 5.32 Å². The van der Waals surface area contributed by atoms with Gasteiger partial charge in [-0.2, -0.15) is 0 Å². The highest BCUT2D eigenvalue weighted by atomic mass is 35.5. The summed E-state index contributed by atoms with van der Waals surface area (Å²) >= 11 is 6.01. The molecule has 3 N–H and O–H groups in total. The fourth-order valence-corrected chi connectivity index (χ4v) is 4.19. The Morgan fingerprint density at radius 3 is 2.61 bits per heavy atom. The number of fused-ring (bicyclic) bond motifs is 1. The number of benzene rings is 2. The van der Waals surface area contributed by atoms with Gasteiger partial charge in [-0.05, 0) is 67.8 Å². The second-order valence-electron chi connectivity index (χ2n) is 7.88. The number of carbonyl (C=O) groups excluding carboxylic acids is 2. The first-order chi connectivity index (χ1) is 14.9. The Hall–Kier alpha value is -2.41. The van der Waals surface area contributed by atoms with E-state index in [-0.39, 0.29) is 23.8 Å². The predicted molar refractivity (Wildman–Crippen MR) is 125 cm³/mol. The minimum atomic E-state index is -0.0255. The van der Waals surface area contributed by atoms with Crippen molar-refractivity contribution in [2.45, 2.75) is 45.2 Å². The fraction of sp³-hybridized carbons (Fsp3) is 0.417. The van der Waals surface area contributed by atoms with Crippen molar-refractivity contribution in [3.05, 3.63) is 58.6 Å². The molecular formula is C24H30ClN3O3. The third-order valence-corrected chi connectivity index (χ3v) is 5.73. The predicted octanol–water partition coefficient (Wildman–Crippen LogP) is 4.58. The summed E-state index contributed by atoms with van der Waals surface area (Å²) in [5, 5.41) is 4.22. The van der Waals surface area contributed by atoms with E-state index in [0.29, 0.717) is 43.2 Å². The topological polar surface area (TPSA) is 84.7 Å². The van der Waals surface area contributed by atoms with Gasteiger partial charge in [-0.15, -0.1) is 0 Å². The number of halogens is 1. The second kappa shape index (κ2) is 10.8. The molecule has 6 nitrogen and oxygen atoms in total. The van der Waals surface area contributed by atoms with Crippen molar-refractivity contribution in [3.63, 3.8) is 0 Å². The first-order valence-corrected chi connectivity index (χ1v) is 11.1. The molecule has 2 aromatic rings. The molecule has 0 aromatic heterocycles. The summed E-state index contributed by atoms with van der Waals surface area (Å²) in [6.07, 6.45) is 1.80. The van der Waals surface area contributed by atoms with Crippen LogP contribution in [0.1, 0.15) is 55.1 Å². The van der Waals surface area contributed by atoms with E-state index in [1.54, 1.807) is 6.92 Å². The van der Waals surface area contributed by atoms with Crippen LogP contribution in [0.25, 0.3) is 0 Å². The van der Waals surface area contributed by atoms with Crippen LogP contribution in [0.4, 0.5) is 11.4 Å². The zero-order valence-corrected chi connectivity index (χ0v) is 18.8. The lowest BCUT2D eigenvalue weighted by molar-refractivity contribution is -0.117. The molecule has 0 radical (unpaired) electrons. The van der Waals surface area contributed by atoms with E-state index in [1.807, 2.05) is 54.3 Å². The molecule has 166 valence electrons. The number of nitrogens with zero attached hydrogens (tertiary/aromatic N) is 1. The van der Waals surface area contributed by atoms with Gasteiger partial charge in [0.05, 0.1) is 12.6 Å². The summed E-state index contributed by atoms with van der Waals surface area (Å²) in [6, 6.07) is 13.2. The molecule has 1 amide bonds. The summed E-state index contributed by atoms with van der Waals surface area (Å²) in [5.41, 5.74) is 8.81. The van der Waals surface area contributed by atoms with E-state index >= 15 is 0 Å². The number of rotatable bonds is 9. The molecule has 0 saturated carbocycles. The normalized spacial score (nSPS) is 17.9. The fourth-order valence-electron chi connectivity index (χ4n) is 4.07. The number of anilines is 2. The number of carbonyl (C=O) groups is 2. The van der Waals surface area contributed by atoms with E-state index in [0.717, 1.165) is 23.4 Å². The number of ketones is 1. The molecule has 0 spiro atoms. The van der Waals surface area contributed by atoms with Crippen LogP contribution in [0.15, 0.2) is 42.5 Å². The van der Waals surface area contributed by atoms with E-state index < -0.39 is 0 Å². The van der Waals surface area contributed by atoms with Crippen LogP contribution in [0.2, 0.25) is 5.02 Å². The average molecular weight is 444 g/mol. The van der Waals surface area contributed by atoms with Crippen LogP contribution in [-0.2, 0) is 9.53 Å². The van der Waals surface area contributed by atoms with Gasteiger partial charge in [0, 0.05) is 54.5 Å². The summed E-state index contributed by atoms with van der Waals surface area (Å²) in [6.45, 7) is 5.12. The highest BCUT2D eigenvalue weighted by Gasteiger charge is 2.33. The van der Waals surface area contributed by atoms with Gasteiger partial charge >= 0.3 is 0 Å². The summed E-state index contributed by atoms with van der Waals surface area (Å²) < 4.78 is 5.36. The lowest BCUT2D eigenvalue weighted by atomic mass is 9.89. The van der Waals surface area contributed by atoms with Crippen molar-refractivity contribution in [1.82, 2.24) is 0 Å². The number of hydrogen-bond acceptors (Lipinski definition) is 5. The average Bonchev–Trinajstić information content (AvgIpc) is 2.74. The molecule has 0 bridgehead atoms. The molecule has 2 aromatic carbocycles. The monoisotopic (exact) mass is 443 g/mol. The van der Waals surface area contributed by atoms with E-state index in [1.165, 1.54) is 0 Å². The Labute approximate surface area is 188 Å². The highest BCUT2D eigenvalue weighted by molar-refractivity contribution is 6.30. The van der Waals surface area contributed by atoms with Crippen LogP contribution in [-0.4, -0.2) is 37.5 Å². The standard InChI is InChI=1S/C24H30ClN3O3/c1-16-14-22(27-20-8-6-19(25)7-9-20)21-15-18(5-10-23(21)28(16)17(2)29)24(30)4-3-12-31-13-11-26/h5-10,15-16,22,27H,3-4,11-14,26H2,1-2H3/t16-,22+/m0/s1. The van der Waals surface area contributed by atoms with Gasteiger partial charge in [-0.25, -0.2) is 0 Å². The summed E-state index contributed by atoms with van der Waals surface area (Å²) in [4.78, 5) is 26.9. The maximum Gasteiger partial charge on any atom is 0.224 e. The maximum atomic E-state index is 12.7. The number of nitrogens with one attached hydrogen (secondary N) is 1. The van der Waals surface area contributed by atoms with E-state index in [9.17, 15) is 9.59 Å². The second-order valence-corrected chi connectivity index (χ2v) is 8.32. The molecule has 31 heavy (non-hydrogen) atoms. The van der Waals surface area contributed by atoms with Crippen molar-refractivity contribution in [2.24, 2.45) is 5.73 Å². The zero-order valence-electron chi connectivity index (χ0n) is 18.1. The van der Waals surface area contributed by atoms with Crippen LogP contribution in [0, 0.1) is 0 Å². The number of Topliss-reactive ketones (excluding diaryl/α,β-unsaturated/α-hetero) is 1. The van der Waals surface area contributed by atoms with Crippen molar-refractivity contribution in [2.75, 3.05) is 30.0 Å². The van der Waals surface area contributed by atoms with E-state index in [4.69, 9.17) is 22.1 Å². The third kappa shape index (κ3) is 5.85. The Morgan fingerprint density at radius 1 is 1.19 bits per heavy atom.